The predicted molar refractivity (Wildman–Crippen MR) is 81.7 cm³/mol. The Hall–Kier alpha value is -1.71. The molecule has 3 rings (SSSR count). The van der Waals surface area contributed by atoms with Crippen molar-refractivity contribution < 1.29 is 14.3 Å². The largest absolute Gasteiger partial charge is 0.497 e. The highest BCUT2D eigenvalue weighted by molar-refractivity contribution is 5.91. The molecule has 114 valence electrons. The van der Waals surface area contributed by atoms with Gasteiger partial charge >= 0.3 is 0 Å². The van der Waals surface area contributed by atoms with Crippen LogP contribution in [0.5, 0.6) is 11.5 Å². The highest BCUT2D eigenvalue weighted by Gasteiger charge is 2.40. The van der Waals surface area contributed by atoms with Gasteiger partial charge in [-0.15, -0.1) is 0 Å². The average Bonchev–Trinajstić information content (AvgIpc) is 3.09. The van der Waals surface area contributed by atoms with Crippen LogP contribution in [-0.2, 0) is 4.79 Å². The molecule has 0 unspecified atom stereocenters. The highest BCUT2D eigenvalue weighted by atomic mass is 16.5. The predicted octanol–water partition coefficient (Wildman–Crippen LogP) is 3.47. The van der Waals surface area contributed by atoms with Gasteiger partial charge in [-0.1, -0.05) is 6.42 Å². The lowest BCUT2D eigenvalue weighted by molar-refractivity contribution is -0.117. The zero-order valence-corrected chi connectivity index (χ0v) is 12.7. The summed E-state index contributed by atoms with van der Waals surface area (Å²) in [7, 11) is 3.21. The first kappa shape index (κ1) is 14.2. The standard InChI is InChI=1S/C17H23NO3/c1-20-15-8-14(9-16(10-15)21-2)18-17(19)7-13-6-11-3-4-12(13)5-11/h8-13H,3-7H2,1-2H3,(H,18,19)/t11-,12-,13-/m0/s1. The molecule has 4 nitrogen and oxygen atoms in total. The Kier molecular flexibility index (Phi) is 4.04. The fourth-order valence-corrected chi connectivity index (χ4v) is 3.96. The van der Waals surface area contributed by atoms with Gasteiger partial charge in [-0.25, -0.2) is 0 Å². The molecule has 0 aliphatic heterocycles. The maximum Gasteiger partial charge on any atom is 0.224 e. The van der Waals surface area contributed by atoms with Crippen LogP contribution in [0.2, 0.25) is 0 Å². The monoisotopic (exact) mass is 289 g/mol. The molecule has 2 saturated carbocycles. The van der Waals surface area contributed by atoms with E-state index in [1.807, 2.05) is 12.1 Å². The van der Waals surface area contributed by atoms with Gasteiger partial charge in [0, 0.05) is 30.3 Å². The summed E-state index contributed by atoms with van der Waals surface area (Å²) in [6, 6.07) is 5.44. The third-order valence-corrected chi connectivity index (χ3v) is 4.97. The molecule has 0 aromatic heterocycles. The summed E-state index contributed by atoms with van der Waals surface area (Å²) in [6.45, 7) is 0. The van der Waals surface area contributed by atoms with Crippen molar-refractivity contribution in [1.29, 1.82) is 0 Å². The number of carbonyl (C=O) groups is 1. The summed E-state index contributed by atoms with van der Waals surface area (Å²) in [5.41, 5.74) is 0.736. The Morgan fingerprint density at radius 2 is 1.86 bits per heavy atom. The van der Waals surface area contributed by atoms with Gasteiger partial charge in [0.15, 0.2) is 0 Å². The summed E-state index contributed by atoms with van der Waals surface area (Å²) in [5.74, 6) is 3.71. The normalized spacial score (nSPS) is 26.7. The molecular formula is C17H23NO3. The Labute approximate surface area is 125 Å². The summed E-state index contributed by atoms with van der Waals surface area (Å²) in [5, 5.41) is 2.98. The van der Waals surface area contributed by atoms with Crippen LogP contribution in [0.1, 0.15) is 32.1 Å². The summed E-state index contributed by atoms with van der Waals surface area (Å²) in [4.78, 5) is 12.3. The number of carbonyl (C=O) groups excluding carboxylic acids is 1. The van der Waals surface area contributed by atoms with Gasteiger partial charge in [-0.3, -0.25) is 4.79 Å². The number of anilines is 1. The number of hydrogen-bond donors (Lipinski definition) is 1. The maximum absolute atomic E-state index is 12.3. The lowest BCUT2D eigenvalue weighted by atomic mass is 9.86. The molecule has 0 spiro atoms. The minimum Gasteiger partial charge on any atom is -0.497 e. The summed E-state index contributed by atoms with van der Waals surface area (Å²) >= 11 is 0. The molecule has 0 radical (unpaired) electrons. The molecule has 2 fully saturated rings. The van der Waals surface area contributed by atoms with E-state index >= 15 is 0 Å². The van der Waals surface area contributed by atoms with Crippen molar-refractivity contribution in [3.05, 3.63) is 18.2 Å². The third-order valence-electron chi connectivity index (χ3n) is 4.97. The van der Waals surface area contributed by atoms with E-state index in [9.17, 15) is 4.79 Å². The van der Waals surface area contributed by atoms with Crippen LogP contribution in [0.3, 0.4) is 0 Å². The number of methoxy groups -OCH3 is 2. The van der Waals surface area contributed by atoms with Crippen LogP contribution in [0.25, 0.3) is 0 Å². The number of fused-ring (bicyclic) bond motifs is 2. The van der Waals surface area contributed by atoms with Crippen LogP contribution in [0.4, 0.5) is 5.69 Å². The lowest BCUT2D eigenvalue weighted by Crippen LogP contribution is -2.20. The number of hydrogen-bond acceptors (Lipinski definition) is 3. The van der Waals surface area contributed by atoms with Gasteiger partial charge in [-0.05, 0) is 37.0 Å². The van der Waals surface area contributed by atoms with E-state index in [1.165, 1.54) is 25.7 Å². The SMILES string of the molecule is COc1cc(NC(=O)C[C@@H]2C[C@H]3CC[C@H]2C3)cc(OC)c1. The first-order chi connectivity index (χ1) is 10.2. The fraction of sp³-hybridized carbons (Fsp3) is 0.588. The van der Waals surface area contributed by atoms with Gasteiger partial charge in [0.1, 0.15) is 11.5 Å². The molecule has 21 heavy (non-hydrogen) atoms. The van der Waals surface area contributed by atoms with Gasteiger partial charge in [-0.2, -0.15) is 0 Å². The molecule has 2 aliphatic rings. The first-order valence-electron chi connectivity index (χ1n) is 7.71. The second-order valence-electron chi connectivity index (χ2n) is 6.29. The summed E-state index contributed by atoms with van der Waals surface area (Å²) < 4.78 is 10.4. The van der Waals surface area contributed by atoms with Gasteiger partial charge in [0.2, 0.25) is 5.91 Å². The van der Waals surface area contributed by atoms with Crippen LogP contribution < -0.4 is 14.8 Å². The molecule has 1 N–H and O–H groups in total. The van der Waals surface area contributed by atoms with Crippen molar-refractivity contribution in [2.45, 2.75) is 32.1 Å². The molecule has 1 amide bonds. The zero-order chi connectivity index (χ0) is 14.8. The molecule has 4 heteroatoms. The zero-order valence-electron chi connectivity index (χ0n) is 12.7. The number of amides is 1. The van der Waals surface area contributed by atoms with Crippen molar-refractivity contribution in [3.63, 3.8) is 0 Å². The Morgan fingerprint density at radius 1 is 1.14 bits per heavy atom. The molecule has 2 bridgehead atoms. The Bertz CT molecular complexity index is 507. The van der Waals surface area contributed by atoms with Crippen LogP contribution >= 0.6 is 0 Å². The fourth-order valence-electron chi connectivity index (χ4n) is 3.96. The van der Waals surface area contributed by atoms with Gasteiger partial charge in [0.05, 0.1) is 14.2 Å². The molecular weight excluding hydrogens is 266 g/mol. The van der Waals surface area contributed by atoms with Crippen LogP contribution in [-0.4, -0.2) is 20.1 Å². The van der Waals surface area contributed by atoms with Crippen molar-refractivity contribution in [2.75, 3.05) is 19.5 Å². The smallest absolute Gasteiger partial charge is 0.224 e. The number of rotatable bonds is 5. The van der Waals surface area contributed by atoms with E-state index in [0.29, 0.717) is 23.8 Å². The second kappa shape index (κ2) is 5.96. The van der Waals surface area contributed by atoms with Crippen molar-refractivity contribution in [3.8, 4) is 11.5 Å². The minimum absolute atomic E-state index is 0.0999. The van der Waals surface area contributed by atoms with E-state index in [0.717, 1.165) is 17.5 Å². The topological polar surface area (TPSA) is 47.6 Å². The molecule has 2 aliphatic carbocycles. The first-order valence-corrected chi connectivity index (χ1v) is 7.71. The van der Waals surface area contributed by atoms with E-state index in [1.54, 1.807) is 20.3 Å². The maximum atomic E-state index is 12.3. The minimum atomic E-state index is 0.0999. The van der Waals surface area contributed by atoms with Crippen LogP contribution in [0.15, 0.2) is 18.2 Å². The Balaban J connectivity index is 1.61. The summed E-state index contributed by atoms with van der Waals surface area (Å²) in [6.07, 6.45) is 5.90. The Morgan fingerprint density at radius 3 is 2.38 bits per heavy atom. The highest BCUT2D eigenvalue weighted by Crippen LogP contribution is 2.49. The number of ether oxygens (including phenoxy) is 2. The van der Waals surface area contributed by atoms with Crippen molar-refractivity contribution in [2.24, 2.45) is 17.8 Å². The van der Waals surface area contributed by atoms with Crippen molar-refractivity contribution >= 4 is 11.6 Å². The molecule has 1 aromatic carbocycles. The average molecular weight is 289 g/mol. The molecule has 0 saturated heterocycles. The van der Waals surface area contributed by atoms with Gasteiger partial charge in [0.25, 0.3) is 0 Å². The van der Waals surface area contributed by atoms with Crippen LogP contribution in [0, 0.1) is 17.8 Å². The number of benzene rings is 1. The van der Waals surface area contributed by atoms with Crippen molar-refractivity contribution in [1.82, 2.24) is 0 Å². The van der Waals surface area contributed by atoms with Gasteiger partial charge < -0.3 is 14.8 Å². The lowest BCUT2D eigenvalue weighted by Gasteiger charge is -2.21. The third kappa shape index (κ3) is 3.14. The number of nitrogens with one attached hydrogen (secondary N) is 1. The molecule has 1 aromatic rings. The molecule has 0 heterocycles. The quantitative estimate of drug-likeness (QED) is 0.903. The van der Waals surface area contributed by atoms with E-state index < -0.39 is 0 Å². The van der Waals surface area contributed by atoms with E-state index in [-0.39, 0.29) is 5.91 Å². The molecule has 3 atom stereocenters. The second-order valence-corrected chi connectivity index (χ2v) is 6.29. The van der Waals surface area contributed by atoms with E-state index in [4.69, 9.17) is 9.47 Å². The van der Waals surface area contributed by atoms with E-state index in [2.05, 4.69) is 5.32 Å².